The third-order valence-corrected chi connectivity index (χ3v) is 2.90. The van der Waals surface area contributed by atoms with Crippen molar-refractivity contribution in [3.63, 3.8) is 0 Å². The van der Waals surface area contributed by atoms with Crippen LogP contribution in [0, 0.1) is 0 Å². The number of benzene rings is 1. The van der Waals surface area contributed by atoms with E-state index in [0.717, 1.165) is 5.56 Å². The van der Waals surface area contributed by atoms with Crippen molar-refractivity contribution in [2.75, 3.05) is 0 Å². The molecule has 0 saturated heterocycles. The molecule has 0 spiro atoms. The average Bonchev–Trinajstić information content (AvgIpc) is 2.86. The Balaban J connectivity index is 2.67. The molecule has 3 heteroatoms. The highest BCUT2D eigenvalue weighted by Crippen LogP contribution is 2.27. The highest BCUT2D eigenvalue weighted by atomic mass is 16.1. The van der Waals surface area contributed by atoms with Crippen LogP contribution in [0.3, 0.4) is 0 Å². The molecule has 0 radical (unpaired) electrons. The van der Waals surface area contributed by atoms with E-state index in [1.54, 1.807) is 23.0 Å². The van der Waals surface area contributed by atoms with Crippen molar-refractivity contribution in [2.24, 2.45) is 5.73 Å². The van der Waals surface area contributed by atoms with Gasteiger partial charge in [0.15, 0.2) is 5.54 Å². The molecule has 0 aliphatic rings. The predicted molar refractivity (Wildman–Crippen MR) is 67.3 cm³/mol. The standard InChI is InChI=1S/C14H14N2O/c1-2-14(13(15)17,16-10-6-7-11-16)12-8-4-3-5-9-12/h2-11H,1H2,(H2,15,17). The normalized spacial score (nSPS) is 13.9. The number of nitrogens with two attached hydrogens (primary N) is 1. The maximum Gasteiger partial charge on any atom is 0.252 e. The lowest BCUT2D eigenvalue weighted by molar-refractivity contribution is -0.122. The van der Waals surface area contributed by atoms with Gasteiger partial charge in [0.05, 0.1) is 0 Å². The SMILES string of the molecule is C=CC(C(N)=O)(c1ccccc1)n1cccc1. The summed E-state index contributed by atoms with van der Waals surface area (Å²) < 4.78 is 1.76. The highest BCUT2D eigenvalue weighted by Gasteiger charge is 2.36. The van der Waals surface area contributed by atoms with Crippen LogP contribution in [0.25, 0.3) is 0 Å². The molecular formula is C14H14N2O. The molecule has 0 saturated carbocycles. The van der Waals surface area contributed by atoms with Gasteiger partial charge < -0.3 is 10.3 Å². The van der Waals surface area contributed by atoms with Gasteiger partial charge in [-0.2, -0.15) is 0 Å². The fraction of sp³-hybridized carbons (Fsp3) is 0.0714. The van der Waals surface area contributed by atoms with Crippen LogP contribution in [0.5, 0.6) is 0 Å². The van der Waals surface area contributed by atoms with Gasteiger partial charge in [0, 0.05) is 12.4 Å². The number of hydrogen-bond acceptors (Lipinski definition) is 1. The largest absolute Gasteiger partial charge is 0.367 e. The molecule has 1 atom stereocenters. The Kier molecular flexibility index (Phi) is 2.83. The monoisotopic (exact) mass is 226 g/mol. The second-order valence-corrected chi connectivity index (χ2v) is 3.79. The Morgan fingerprint density at radius 2 is 1.76 bits per heavy atom. The van der Waals surface area contributed by atoms with Crippen LogP contribution in [0.15, 0.2) is 67.5 Å². The Hall–Kier alpha value is -2.29. The van der Waals surface area contributed by atoms with E-state index in [-0.39, 0.29) is 0 Å². The molecule has 2 aromatic rings. The summed E-state index contributed by atoms with van der Waals surface area (Å²) in [4.78, 5) is 11.9. The second kappa shape index (κ2) is 4.29. The Morgan fingerprint density at radius 1 is 1.18 bits per heavy atom. The van der Waals surface area contributed by atoms with E-state index in [2.05, 4.69) is 6.58 Å². The van der Waals surface area contributed by atoms with Crippen LogP contribution >= 0.6 is 0 Å². The fourth-order valence-electron chi connectivity index (χ4n) is 2.00. The first kappa shape index (κ1) is 11.2. The van der Waals surface area contributed by atoms with Gasteiger partial charge in [-0.15, -0.1) is 0 Å². The summed E-state index contributed by atoms with van der Waals surface area (Å²) in [5.41, 5.74) is 5.36. The molecule has 1 heterocycles. The summed E-state index contributed by atoms with van der Waals surface area (Å²) in [6.45, 7) is 3.77. The number of primary amides is 1. The molecule has 1 aromatic heterocycles. The maximum absolute atomic E-state index is 11.9. The van der Waals surface area contributed by atoms with Gasteiger partial charge in [0.2, 0.25) is 0 Å². The van der Waals surface area contributed by atoms with Gasteiger partial charge in [-0.3, -0.25) is 4.79 Å². The molecule has 1 aromatic carbocycles. The van der Waals surface area contributed by atoms with Gasteiger partial charge in [-0.25, -0.2) is 0 Å². The molecular weight excluding hydrogens is 212 g/mol. The summed E-state index contributed by atoms with van der Waals surface area (Å²) in [5.74, 6) is -0.449. The zero-order valence-corrected chi connectivity index (χ0v) is 9.41. The van der Waals surface area contributed by atoms with Crippen molar-refractivity contribution in [3.05, 3.63) is 73.1 Å². The highest BCUT2D eigenvalue weighted by molar-refractivity contribution is 5.89. The molecule has 2 N–H and O–H groups in total. The minimum absolute atomic E-state index is 0.449. The average molecular weight is 226 g/mol. The van der Waals surface area contributed by atoms with Crippen molar-refractivity contribution in [1.82, 2.24) is 4.57 Å². The minimum atomic E-state index is -1.02. The Labute approximate surface area is 100 Å². The van der Waals surface area contributed by atoms with Crippen LogP contribution in [-0.2, 0) is 10.3 Å². The van der Waals surface area contributed by atoms with E-state index in [4.69, 9.17) is 5.73 Å². The van der Waals surface area contributed by atoms with E-state index in [1.165, 1.54) is 0 Å². The number of hydrogen-bond donors (Lipinski definition) is 1. The first-order valence-electron chi connectivity index (χ1n) is 5.34. The van der Waals surface area contributed by atoms with Crippen molar-refractivity contribution < 1.29 is 4.79 Å². The molecule has 0 bridgehead atoms. The Morgan fingerprint density at radius 3 is 2.24 bits per heavy atom. The smallest absolute Gasteiger partial charge is 0.252 e. The van der Waals surface area contributed by atoms with Crippen LogP contribution in [0.1, 0.15) is 5.56 Å². The van der Waals surface area contributed by atoms with Gasteiger partial charge >= 0.3 is 0 Å². The maximum atomic E-state index is 11.9. The molecule has 3 nitrogen and oxygen atoms in total. The first-order valence-corrected chi connectivity index (χ1v) is 5.34. The fourth-order valence-corrected chi connectivity index (χ4v) is 2.00. The van der Waals surface area contributed by atoms with Gasteiger partial charge in [0.1, 0.15) is 0 Å². The van der Waals surface area contributed by atoms with E-state index in [9.17, 15) is 4.79 Å². The molecule has 2 rings (SSSR count). The predicted octanol–water partition coefficient (Wildman–Crippen LogP) is 1.90. The van der Waals surface area contributed by atoms with Crippen molar-refractivity contribution in [2.45, 2.75) is 5.54 Å². The Bertz CT molecular complexity index is 516. The molecule has 17 heavy (non-hydrogen) atoms. The summed E-state index contributed by atoms with van der Waals surface area (Å²) >= 11 is 0. The molecule has 1 amide bonds. The van der Waals surface area contributed by atoms with E-state index in [1.807, 2.05) is 42.5 Å². The summed E-state index contributed by atoms with van der Waals surface area (Å²) in [6.07, 6.45) is 5.18. The van der Waals surface area contributed by atoms with Crippen LogP contribution < -0.4 is 5.73 Å². The van der Waals surface area contributed by atoms with Crippen LogP contribution in [-0.4, -0.2) is 10.5 Å². The van der Waals surface area contributed by atoms with Gasteiger partial charge in [-0.05, 0) is 17.7 Å². The lowest BCUT2D eigenvalue weighted by Gasteiger charge is -2.29. The summed E-state index contributed by atoms with van der Waals surface area (Å²) in [7, 11) is 0. The number of amides is 1. The lowest BCUT2D eigenvalue weighted by Crippen LogP contribution is -2.45. The summed E-state index contributed by atoms with van der Waals surface area (Å²) in [5, 5.41) is 0. The van der Waals surface area contributed by atoms with Gasteiger partial charge in [0.25, 0.3) is 5.91 Å². The summed E-state index contributed by atoms with van der Waals surface area (Å²) in [6, 6.07) is 13.1. The molecule has 86 valence electrons. The first-order chi connectivity index (χ1) is 8.21. The molecule has 1 unspecified atom stereocenters. The minimum Gasteiger partial charge on any atom is -0.367 e. The quantitative estimate of drug-likeness (QED) is 0.795. The second-order valence-electron chi connectivity index (χ2n) is 3.79. The third kappa shape index (κ3) is 1.65. The van der Waals surface area contributed by atoms with Crippen molar-refractivity contribution in [3.8, 4) is 0 Å². The lowest BCUT2D eigenvalue weighted by atomic mass is 9.89. The number of carbonyl (C=O) groups excluding carboxylic acids is 1. The molecule has 0 aliphatic carbocycles. The topological polar surface area (TPSA) is 48.0 Å². The number of carbonyl (C=O) groups is 1. The zero-order valence-electron chi connectivity index (χ0n) is 9.41. The van der Waals surface area contributed by atoms with Crippen LogP contribution in [0.4, 0.5) is 0 Å². The van der Waals surface area contributed by atoms with E-state index >= 15 is 0 Å². The zero-order chi connectivity index (χ0) is 12.3. The van der Waals surface area contributed by atoms with Crippen molar-refractivity contribution >= 4 is 5.91 Å². The van der Waals surface area contributed by atoms with Crippen molar-refractivity contribution in [1.29, 1.82) is 0 Å². The molecule has 0 fully saturated rings. The van der Waals surface area contributed by atoms with E-state index in [0.29, 0.717) is 0 Å². The third-order valence-electron chi connectivity index (χ3n) is 2.90. The number of aromatic nitrogens is 1. The van der Waals surface area contributed by atoms with Gasteiger partial charge in [-0.1, -0.05) is 43.0 Å². The number of nitrogens with zero attached hydrogens (tertiary/aromatic N) is 1. The van der Waals surface area contributed by atoms with Crippen LogP contribution in [0.2, 0.25) is 0 Å². The van der Waals surface area contributed by atoms with E-state index < -0.39 is 11.4 Å². The molecule has 0 aliphatic heterocycles. The number of rotatable bonds is 4.